The molecule has 0 aliphatic heterocycles. The van der Waals surface area contributed by atoms with Crippen molar-refractivity contribution in [3.05, 3.63) is 57.6 Å². The lowest BCUT2D eigenvalue weighted by atomic mass is 10.1. The van der Waals surface area contributed by atoms with Gasteiger partial charge < -0.3 is 19.9 Å². The minimum absolute atomic E-state index is 0.272. The average Bonchev–Trinajstić information content (AvgIpc) is 2.64. The van der Waals surface area contributed by atoms with Crippen LogP contribution in [0.4, 0.5) is 0 Å². The molecule has 148 valence electrons. The average molecular weight is 436 g/mol. The van der Waals surface area contributed by atoms with E-state index >= 15 is 0 Å². The number of nitrogens with one attached hydrogen (secondary N) is 1. The van der Waals surface area contributed by atoms with Gasteiger partial charge in [-0.05, 0) is 78.8 Å². The molecule has 2 aromatic rings. The number of aryl methyl sites for hydroxylation is 1. The molecule has 0 bridgehead atoms. The summed E-state index contributed by atoms with van der Waals surface area (Å²) in [7, 11) is 0. The third-order valence-electron chi connectivity index (χ3n) is 4.18. The Labute approximate surface area is 171 Å². The van der Waals surface area contributed by atoms with E-state index in [1.807, 2.05) is 19.1 Å². The fourth-order valence-electron chi connectivity index (χ4n) is 2.86. The Kier molecular flexibility index (Phi) is 9.67. The molecule has 2 aromatic carbocycles. The summed E-state index contributed by atoms with van der Waals surface area (Å²) in [5, 5.41) is 12.3. The zero-order chi connectivity index (χ0) is 19.5. The largest absolute Gasteiger partial charge is 0.490 e. The Morgan fingerprint density at radius 2 is 1.89 bits per heavy atom. The van der Waals surface area contributed by atoms with Crippen molar-refractivity contribution in [3.8, 4) is 11.5 Å². The highest BCUT2D eigenvalue weighted by Gasteiger charge is 2.12. The molecule has 0 amide bonds. The molecular formula is C22H30BrNO3. The Morgan fingerprint density at radius 1 is 1.04 bits per heavy atom. The summed E-state index contributed by atoms with van der Waals surface area (Å²) in [5.74, 6) is 1.50. The molecule has 0 fully saturated rings. The molecule has 0 spiro atoms. The van der Waals surface area contributed by atoms with Gasteiger partial charge in [0.15, 0.2) is 11.5 Å². The molecule has 0 saturated carbocycles. The van der Waals surface area contributed by atoms with Gasteiger partial charge in [-0.2, -0.15) is 0 Å². The first-order chi connectivity index (χ1) is 13.1. The monoisotopic (exact) mass is 435 g/mol. The molecular weight excluding hydrogens is 406 g/mol. The lowest BCUT2D eigenvalue weighted by Gasteiger charge is -2.16. The zero-order valence-corrected chi connectivity index (χ0v) is 17.8. The van der Waals surface area contributed by atoms with Gasteiger partial charge in [0, 0.05) is 13.2 Å². The SMILES string of the molecule is CCOc1cc(CNCCCCCO)cc(Br)c1OCc1cccc(C)c1. The summed E-state index contributed by atoms with van der Waals surface area (Å²) in [5.41, 5.74) is 3.51. The Morgan fingerprint density at radius 3 is 2.63 bits per heavy atom. The first kappa shape index (κ1) is 21.7. The Hall–Kier alpha value is -1.56. The highest BCUT2D eigenvalue weighted by Crippen LogP contribution is 2.37. The lowest BCUT2D eigenvalue weighted by molar-refractivity contribution is 0.267. The highest BCUT2D eigenvalue weighted by molar-refractivity contribution is 9.10. The number of aliphatic hydroxyl groups excluding tert-OH is 1. The first-order valence-electron chi connectivity index (χ1n) is 9.59. The van der Waals surface area contributed by atoms with Gasteiger partial charge in [0.2, 0.25) is 0 Å². The molecule has 0 radical (unpaired) electrons. The van der Waals surface area contributed by atoms with Crippen molar-refractivity contribution in [2.24, 2.45) is 0 Å². The summed E-state index contributed by atoms with van der Waals surface area (Å²) in [6, 6.07) is 12.4. The third kappa shape index (κ3) is 7.53. The van der Waals surface area contributed by atoms with Crippen LogP contribution in [0.2, 0.25) is 0 Å². The number of benzene rings is 2. The number of aliphatic hydroxyl groups is 1. The summed E-state index contributed by atoms with van der Waals surface area (Å²) in [4.78, 5) is 0. The predicted molar refractivity (Wildman–Crippen MR) is 113 cm³/mol. The van der Waals surface area contributed by atoms with Crippen molar-refractivity contribution in [2.75, 3.05) is 19.8 Å². The second kappa shape index (κ2) is 12.0. The van der Waals surface area contributed by atoms with Crippen molar-refractivity contribution < 1.29 is 14.6 Å². The molecule has 0 heterocycles. The van der Waals surface area contributed by atoms with E-state index in [2.05, 4.69) is 52.4 Å². The van der Waals surface area contributed by atoms with Gasteiger partial charge in [-0.3, -0.25) is 0 Å². The number of unbranched alkanes of at least 4 members (excludes halogenated alkanes) is 2. The maximum absolute atomic E-state index is 8.82. The van der Waals surface area contributed by atoms with E-state index in [0.29, 0.717) is 13.2 Å². The van der Waals surface area contributed by atoms with E-state index < -0.39 is 0 Å². The van der Waals surface area contributed by atoms with Crippen LogP contribution in [0.15, 0.2) is 40.9 Å². The van der Waals surface area contributed by atoms with Gasteiger partial charge in [0.05, 0.1) is 11.1 Å². The van der Waals surface area contributed by atoms with Crippen molar-refractivity contribution in [1.82, 2.24) is 5.32 Å². The van der Waals surface area contributed by atoms with E-state index in [4.69, 9.17) is 14.6 Å². The van der Waals surface area contributed by atoms with Gasteiger partial charge in [-0.1, -0.05) is 29.8 Å². The summed E-state index contributed by atoms with van der Waals surface area (Å²) in [6.45, 7) is 7.13. The van der Waals surface area contributed by atoms with E-state index in [1.165, 1.54) is 5.56 Å². The van der Waals surface area contributed by atoms with Crippen molar-refractivity contribution in [2.45, 2.75) is 46.3 Å². The Bertz CT molecular complexity index is 706. The molecule has 0 aliphatic carbocycles. The fourth-order valence-corrected chi connectivity index (χ4v) is 3.46. The standard InChI is InChI=1S/C22H30BrNO3/c1-3-26-21-14-19(15-24-10-5-4-6-11-25)13-20(23)22(21)27-16-18-9-7-8-17(2)12-18/h7-9,12-14,24-25H,3-6,10-11,15-16H2,1-2H3. The smallest absolute Gasteiger partial charge is 0.175 e. The molecule has 2 N–H and O–H groups in total. The second-order valence-electron chi connectivity index (χ2n) is 6.58. The molecule has 0 unspecified atom stereocenters. The number of hydrogen-bond donors (Lipinski definition) is 2. The minimum Gasteiger partial charge on any atom is -0.490 e. The molecule has 0 saturated heterocycles. The predicted octanol–water partition coefficient (Wildman–Crippen LogP) is 4.99. The quantitative estimate of drug-likeness (QED) is 0.461. The van der Waals surface area contributed by atoms with Gasteiger partial charge in [-0.25, -0.2) is 0 Å². The van der Waals surface area contributed by atoms with Gasteiger partial charge in [0.25, 0.3) is 0 Å². The molecule has 5 heteroatoms. The third-order valence-corrected chi connectivity index (χ3v) is 4.76. The van der Waals surface area contributed by atoms with Gasteiger partial charge >= 0.3 is 0 Å². The van der Waals surface area contributed by atoms with Crippen LogP contribution in [0.1, 0.15) is 42.9 Å². The van der Waals surface area contributed by atoms with Gasteiger partial charge in [-0.15, -0.1) is 0 Å². The van der Waals surface area contributed by atoms with Crippen LogP contribution in [0.3, 0.4) is 0 Å². The highest BCUT2D eigenvalue weighted by atomic mass is 79.9. The van der Waals surface area contributed by atoms with E-state index in [0.717, 1.165) is 59.5 Å². The number of ether oxygens (including phenoxy) is 2. The van der Waals surface area contributed by atoms with Crippen LogP contribution in [0, 0.1) is 6.92 Å². The number of halogens is 1. The minimum atomic E-state index is 0.272. The number of hydrogen-bond acceptors (Lipinski definition) is 4. The van der Waals surface area contributed by atoms with Crippen LogP contribution < -0.4 is 14.8 Å². The molecule has 4 nitrogen and oxygen atoms in total. The molecule has 2 rings (SSSR count). The Balaban J connectivity index is 1.99. The fraction of sp³-hybridized carbons (Fsp3) is 0.455. The van der Waals surface area contributed by atoms with E-state index in [9.17, 15) is 0 Å². The molecule has 0 aliphatic rings. The number of rotatable bonds is 12. The molecule has 0 aromatic heterocycles. The van der Waals surface area contributed by atoms with Crippen molar-refractivity contribution in [3.63, 3.8) is 0 Å². The maximum atomic E-state index is 8.82. The van der Waals surface area contributed by atoms with Crippen LogP contribution in [0.25, 0.3) is 0 Å². The maximum Gasteiger partial charge on any atom is 0.175 e. The van der Waals surface area contributed by atoms with Crippen LogP contribution in [0.5, 0.6) is 11.5 Å². The normalized spacial score (nSPS) is 10.8. The second-order valence-corrected chi connectivity index (χ2v) is 7.43. The summed E-state index contributed by atoms with van der Waals surface area (Å²) in [6.07, 6.45) is 2.98. The molecule has 27 heavy (non-hydrogen) atoms. The topological polar surface area (TPSA) is 50.7 Å². The summed E-state index contributed by atoms with van der Waals surface area (Å²) < 4.78 is 12.8. The van der Waals surface area contributed by atoms with Crippen LogP contribution in [-0.2, 0) is 13.2 Å². The van der Waals surface area contributed by atoms with Crippen molar-refractivity contribution >= 4 is 15.9 Å². The van der Waals surface area contributed by atoms with E-state index in [1.54, 1.807) is 0 Å². The van der Waals surface area contributed by atoms with Crippen molar-refractivity contribution in [1.29, 1.82) is 0 Å². The van der Waals surface area contributed by atoms with Crippen LogP contribution >= 0.6 is 15.9 Å². The van der Waals surface area contributed by atoms with Crippen LogP contribution in [-0.4, -0.2) is 24.9 Å². The lowest BCUT2D eigenvalue weighted by Crippen LogP contribution is -2.15. The first-order valence-corrected chi connectivity index (χ1v) is 10.4. The molecule has 0 atom stereocenters. The summed E-state index contributed by atoms with van der Waals surface area (Å²) >= 11 is 3.64. The van der Waals surface area contributed by atoms with E-state index in [-0.39, 0.29) is 6.61 Å². The zero-order valence-electron chi connectivity index (χ0n) is 16.3. The van der Waals surface area contributed by atoms with Gasteiger partial charge in [0.1, 0.15) is 6.61 Å².